The van der Waals surface area contributed by atoms with Crippen LogP contribution in [0.5, 0.6) is 0 Å². The number of halogens is 1. The lowest BCUT2D eigenvalue weighted by Crippen LogP contribution is -2.48. The molecule has 1 aromatic rings. The summed E-state index contributed by atoms with van der Waals surface area (Å²) in [6, 6.07) is 2.19. The lowest BCUT2D eigenvalue weighted by molar-refractivity contribution is 0.0558. The Morgan fingerprint density at radius 1 is 1.42 bits per heavy atom. The number of carboxylic acid groups (broad SMARTS) is 1. The SMILES string of the molecule is CC(C)(C)OC(=O)N(NC(=O)O)c1ccc(F)nc1. The van der Waals surface area contributed by atoms with Crippen LogP contribution in [0.15, 0.2) is 18.3 Å². The van der Waals surface area contributed by atoms with Crippen LogP contribution < -0.4 is 10.4 Å². The molecule has 0 atom stereocenters. The molecule has 0 unspecified atom stereocenters. The third-order valence-electron chi connectivity index (χ3n) is 1.75. The summed E-state index contributed by atoms with van der Waals surface area (Å²) in [6.07, 6.45) is -1.40. The number of nitrogens with one attached hydrogen (secondary N) is 1. The molecule has 0 aromatic carbocycles. The molecule has 19 heavy (non-hydrogen) atoms. The number of hydrazine groups is 1. The van der Waals surface area contributed by atoms with E-state index >= 15 is 0 Å². The van der Waals surface area contributed by atoms with E-state index in [0.717, 1.165) is 12.3 Å². The molecule has 0 bridgehead atoms. The summed E-state index contributed by atoms with van der Waals surface area (Å²) >= 11 is 0. The smallest absolute Gasteiger partial charge is 0.434 e. The topological polar surface area (TPSA) is 91.8 Å². The first-order chi connectivity index (χ1) is 8.69. The van der Waals surface area contributed by atoms with Gasteiger partial charge in [0.25, 0.3) is 0 Å². The standard InChI is InChI=1S/C11H14FN3O4/c1-11(2,3)19-10(18)15(14-9(16)17)7-4-5-8(12)13-6-7/h4-6,14H,1-3H3,(H,16,17). The van der Waals surface area contributed by atoms with Gasteiger partial charge in [-0.2, -0.15) is 9.40 Å². The molecule has 0 saturated carbocycles. The first-order valence-electron chi connectivity index (χ1n) is 5.33. The summed E-state index contributed by atoms with van der Waals surface area (Å²) in [5, 5.41) is 9.32. The molecule has 0 aliphatic carbocycles. The van der Waals surface area contributed by atoms with Gasteiger partial charge in [-0.25, -0.2) is 20.0 Å². The molecule has 0 radical (unpaired) electrons. The van der Waals surface area contributed by atoms with Gasteiger partial charge in [0.1, 0.15) is 5.60 Å². The fourth-order valence-corrected chi connectivity index (χ4v) is 1.12. The molecule has 0 aliphatic rings. The maximum atomic E-state index is 12.7. The molecule has 0 aliphatic heterocycles. The van der Waals surface area contributed by atoms with Gasteiger partial charge in [0, 0.05) is 0 Å². The second-order valence-corrected chi connectivity index (χ2v) is 4.57. The van der Waals surface area contributed by atoms with Gasteiger partial charge < -0.3 is 9.84 Å². The molecule has 0 saturated heterocycles. The molecule has 104 valence electrons. The zero-order chi connectivity index (χ0) is 14.6. The first-order valence-corrected chi connectivity index (χ1v) is 5.33. The van der Waals surface area contributed by atoms with Crippen LogP contribution in [0.25, 0.3) is 0 Å². The maximum absolute atomic E-state index is 12.7. The Balaban J connectivity index is 2.97. The van der Waals surface area contributed by atoms with Gasteiger partial charge in [0.05, 0.1) is 11.9 Å². The van der Waals surface area contributed by atoms with E-state index < -0.39 is 23.7 Å². The summed E-state index contributed by atoms with van der Waals surface area (Å²) in [5.41, 5.74) is 1.09. The van der Waals surface area contributed by atoms with Crippen LogP contribution in [0.3, 0.4) is 0 Å². The van der Waals surface area contributed by atoms with E-state index in [1.807, 2.05) is 5.43 Å². The Labute approximate surface area is 109 Å². The highest BCUT2D eigenvalue weighted by Gasteiger charge is 2.25. The molecule has 2 amide bonds. The summed E-state index contributed by atoms with van der Waals surface area (Å²) in [4.78, 5) is 25.8. The van der Waals surface area contributed by atoms with E-state index in [-0.39, 0.29) is 5.69 Å². The van der Waals surface area contributed by atoms with Crippen molar-refractivity contribution in [2.75, 3.05) is 5.01 Å². The van der Waals surface area contributed by atoms with Crippen LogP contribution >= 0.6 is 0 Å². The molecular weight excluding hydrogens is 257 g/mol. The van der Waals surface area contributed by atoms with E-state index in [1.54, 1.807) is 20.8 Å². The minimum absolute atomic E-state index is 0.0399. The summed E-state index contributed by atoms with van der Waals surface area (Å²) in [5.74, 6) is -0.747. The number of carbonyl (C=O) groups is 2. The van der Waals surface area contributed by atoms with Crippen molar-refractivity contribution >= 4 is 17.9 Å². The quantitative estimate of drug-likeness (QED) is 0.603. The van der Waals surface area contributed by atoms with Crippen LogP contribution in [0.2, 0.25) is 0 Å². The van der Waals surface area contributed by atoms with Crippen molar-refractivity contribution in [3.63, 3.8) is 0 Å². The van der Waals surface area contributed by atoms with Gasteiger partial charge >= 0.3 is 12.2 Å². The number of hydrogen-bond acceptors (Lipinski definition) is 4. The fourth-order valence-electron chi connectivity index (χ4n) is 1.12. The zero-order valence-corrected chi connectivity index (χ0v) is 10.7. The Morgan fingerprint density at radius 2 is 2.05 bits per heavy atom. The van der Waals surface area contributed by atoms with Gasteiger partial charge in [0.2, 0.25) is 5.95 Å². The number of ether oxygens (including phenoxy) is 1. The Morgan fingerprint density at radius 3 is 2.47 bits per heavy atom. The second-order valence-electron chi connectivity index (χ2n) is 4.57. The van der Waals surface area contributed by atoms with Crippen LogP contribution in [0, 0.1) is 5.95 Å². The minimum atomic E-state index is -1.46. The van der Waals surface area contributed by atoms with Crippen molar-refractivity contribution in [3.05, 3.63) is 24.3 Å². The highest BCUT2D eigenvalue weighted by atomic mass is 19.1. The van der Waals surface area contributed by atoms with Crippen molar-refractivity contribution < 1.29 is 23.8 Å². The average Bonchev–Trinajstić information content (AvgIpc) is 2.24. The van der Waals surface area contributed by atoms with Gasteiger partial charge in [-0.15, -0.1) is 0 Å². The van der Waals surface area contributed by atoms with Crippen LogP contribution in [0.4, 0.5) is 19.7 Å². The van der Waals surface area contributed by atoms with E-state index in [9.17, 15) is 14.0 Å². The first kappa shape index (κ1) is 14.7. The van der Waals surface area contributed by atoms with Crippen molar-refractivity contribution in [3.8, 4) is 0 Å². The molecule has 1 rings (SSSR count). The number of rotatable bonds is 1. The maximum Gasteiger partial charge on any atom is 0.434 e. The number of aromatic nitrogens is 1. The number of nitrogens with zero attached hydrogens (tertiary/aromatic N) is 2. The highest BCUT2D eigenvalue weighted by molar-refractivity contribution is 5.90. The third kappa shape index (κ3) is 4.78. The Bertz CT molecular complexity index is 470. The Kier molecular flexibility index (Phi) is 4.26. The lowest BCUT2D eigenvalue weighted by atomic mass is 10.2. The van der Waals surface area contributed by atoms with E-state index in [0.29, 0.717) is 5.01 Å². The van der Waals surface area contributed by atoms with E-state index in [1.165, 1.54) is 6.07 Å². The van der Waals surface area contributed by atoms with Crippen LogP contribution in [0.1, 0.15) is 20.8 Å². The predicted octanol–water partition coefficient (Wildman–Crippen LogP) is 2.14. The fraction of sp³-hybridized carbons (Fsp3) is 0.364. The molecule has 7 nitrogen and oxygen atoms in total. The molecule has 0 fully saturated rings. The van der Waals surface area contributed by atoms with Crippen molar-refractivity contribution in [1.29, 1.82) is 0 Å². The summed E-state index contributed by atoms with van der Waals surface area (Å²) < 4.78 is 17.7. The molecule has 2 N–H and O–H groups in total. The third-order valence-corrected chi connectivity index (χ3v) is 1.75. The Hall–Kier alpha value is -2.38. The number of hydrogen-bond donors (Lipinski definition) is 2. The molecule has 8 heteroatoms. The number of anilines is 1. The molecule has 1 aromatic heterocycles. The number of carbonyl (C=O) groups excluding carboxylic acids is 1. The summed E-state index contributed by atoms with van der Waals surface area (Å²) in [6.45, 7) is 4.90. The largest absolute Gasteiger partial charge is 0.464 e. The van der Waals surface area contributed by atoms with Crippen molar-refractivity contribution in [1.82, 2.24) is 10.4 Å². The normalized spacial score (nSPS) is 10.7. The molecular formula is C11H14FN3O4. The summed E-state index contributed by atoms with van der Waals surface area (Å²) in [7, 11) is 0. The van der Waals surface area contributed by atoms with Gasteiger partial charge in [-0.1, -0.05) is 0 Å². The van der Waals surface area contributed by atoms with Gasteiger partial charge in [0.15, 0.2) is 0 Å². The molecule has 1 heterocycles. The highest BCUT2D eigenvalue weighted by Crippen LogP contribution is 2.15. The van der Waals surface area contributed by atoms with Crippen LogP contribution in [-0.4, -0.2) is 27.9 Å². The zero-order valence-electron chi connectivity index (χ0n) is 10.7. The van der Waals surface area contributed by atoms with Crippen molar-refractivity contribution in [2.24, 2.45) is 0 Å². The number of pyridine rings is 1. The lowest BCUT2D eigenvalue weighted by Gasteiger charge is -2.26. The van der Waals surface area contributed by atoms with Crippen LogP contribution in [-0.2, 0) is 4.74 Å². The predicted molar refractivity (Wildman–Crippen MR) is 64.1 cm³/mol. The second kappa shape index (κ2) is 5.51. The average molecular weight is 271 g/mol. The van der Waals surface area contributed by atoms with Gasteiger partial charge in [-0.05, 0) is 32.9 Å². The van der Waals surface area contributed by atoms with E-state index in [4.69, 9.17) is 9.84 Å². The van der Waals surface area contributed by atoms with Crippen molar-refractivity contribution in [2.45, 2.75) is 26.4 Å². The monoisotopic (exact) mass is 271 g/mol. The molecule has 0 spiro atoms. The van der Waals surface area contributed by atoms with Gasteiger partial charge in [-0.3, -0.25) is 0 Å². The minimum Gasteiger partial charge on any atom is -0.464 e. The van der Waals surface area contributed by atoms with E-state index in [2.05, 4.69) is 4.98 Å². The number of amides is 2.